The van der Waals surface area contributed by atoms with Gasteiger partial charge in [0, 0.05) is 17.3 Å². The number of imide groups is 1. The Balaban J connectivity index is 1.58. The van der Waals surface area contributed by atoms with Gasteiger partial charge < -0.3 is 20.0 Å². The smallest absolute Gasteiger partial charge is 0.335 e. The number of nitrogens with zero attached hydrogens (tertiary/aromatic N) is 3. The molecule has 3 amide bonds. The highest BCUT2D eigenvalue weighted by Crippen LogP contribution is 2.27. The molecule has 1 aliphatic heterocycles. The van der Waals surface area contributed by atoms with Crippen molar-refractivity contribution in [3.05, 3.63) is 88.6 Å². The first kappa shape index (κ1) is 29.3. The number of amides is 3. The Morgan fingerprint density at radius 1 is 1.17 bits per heavy atom. The summed E-state index contributed by atoms with van der Waals surface area (Å²) in [4.78, 5) is 53.9. The average molecular weight is 580 g/mol. The number of aliphatic imine (C=N–C) groups is 1. The minimum Gasteiger partial charge on any atom is -0.496 e. The summed E-state index contributed by atoms with van der Waals surface area (Å²) in [6, 6.07) is 15.4. The normalized spacial score (nSPS) is 15.8. The van der Waals surface area contributed by atoms with Crippen molar-refractivity contribution in [3.8, 4) is 11.6 Å². The second kappa shape index (κ2) is 13.6. The molecule has 2 aromatic carbocycles. The van der Waals surface area contributed by atoms with E-state index in [-0.39, 0.29) is 36.8 Å². The number of hydroxylamine groups is 1. The zero-order chi connectivity index (χ0) is 29.4. The van der Waals surface area contributed by atoms with Crippen LogP contribution in [-0.4, -0.2) is 58.9 Å². The van der Waals surface area contributed by atoms with Crippen molar-refractivity contribution in [1.82, 2.24) is 20.7 Å². The lowest BCUT2D eigenvalue weighted by Crippen LogP contribution is -2.50. The van der Waals surface area contributed by atoms with Crippen LogP contribution in [0.25, 0.3) is 0 Å². The van der Waals surface area contributed by atoms with Gasteiger partial charge in [-0.05, 0) is 60.4 Å². The number of methoxy groups -OCH3 is 1. The van der Waals surface area contributed by atoms with E-state index in [0.717, 1.165) is 4.90 Å². The van der Waals surface area contributed by atoms with Crippen LogP contribution in [0.15, 0.2) is 71.9 Å². The third-order valence-electron chi connectivity index (χ3n) is 6.56. The maximum atomic E-state index is 13.8. The van der Waals surface area contributed by atoms with Gasteiger partial charge in [-0.15, -0.1) is 0 Å². The standard InChI is InChI=1S/C29H30ClN5O6/c1-3-23(18-7-9-19(10-8-18)28(37)38)33-29(39)35-17-25(34-41-26-6-4-5-13-31-26)32-16-21(27(35)36)14-20-15-22(30)11-12-24(20)40-2/h4-13,15,21,23H,3,14,16-17H2,1-2H3,(H,32,34)(H,33,39)(H,37,38). The maximum absolute atomic E-state index is 13.8. The number of hydrogen-bond donors (Lipinski definition) is 3. The number of carboxylic acids is 1. The number of benzene rings is 2. The molecule has 0 saturated carbocycles. The van der Waals surface area contributed by atoms with Crippen LogP contribution in [0.2, 0.25) is 5.02 Å². The van der Waals surface area contributed by atoms with Gasteiger partial charge in [-0.25, -0.2) is 20.1 Å². The fourth-order valence-corrected chi connectivity index (χ4v) is 4.58. The van der Waals surface area contributed by atoms with Gasteiger partial charge in [0.1, 0.15) is 5.75 Å². The highest BCUT2D eigenvalue weighted by molar-refractivity contribution is 6.30. The Morgan fingerprint density at radius 3 is 2.61 bits per heavy atom. The van der Waals surface area contributed by atoms with E-state index in [9.17, 15) is 19.5 Å². The molecule has 4 rings (SSSR count). The summed E-state index contributed by atoms with van der Waals surface area (Å²) in [6.07, 6.45) is 2.31. The molecule has 1 aromatic heterocycles. The number of ether oxygens (including phenoxy) is 1. The second-order valence-electron chi connectivity index (χ2n) is 9.28. The number of hydrogen-bond acceptors (Lipinski definition) is 8. The summed E-state index contributed by atoms with van der Waals surface area (Å²) in [5, 5.41) is 12.6. The SMILES string of the molecule is CCC(NC(=O)N1CC(NOc2ccccn2)=NCC(Cc2cc(Cl)ccc2OC)C1=O)c1ccc(C(=O)O)cc1. The number of aromatic nitrogens is 1. The van der Waals surface area contributed by atoms with Crippen LogP contribution in [0.3, 0.4) is 0 Å². The molecule has 0 bridgehead atoms. The number of amidine groups is 1. The summed E-state index contributed by atoms with van der Waals surface area (Å²) in [6.45, 7) is 1.79. The van der Waals surface area contributed by atoms with Crippen LogP contribution in [-0.2, 0) is 11.2 Å². The van der Waals surface area contributed by atoms with Gasteiger partial charge in [-0.2, -0.15) is 0 Å². The van der Waals surface area contributed by atoms with Crippen LogP contribution >= 0.6 is 11.6 Å². The van der Waals surface area contributed by atoms with Crippen molar-refractivity contribution in [2.45, 2.75) is 25.8 Å². The Kier molecular flexibility index (Phi) is 9.75. The first-order valence-electron chi connectivity index (χ1n) is 12.9. The summed E-state index contributed by atoms with van der Waals surface area (Å²) < 4.78 is 5.46. The molecule has 3 aromatic rings. The fourth-order valence-electron chi connectivity index (χ4n) is 4.38. The third kappa shape index (κ3) is 7.52. The third-order valence-corrected chi connectivity index (χ3v) is 6.79. The quantitative estimate of drug-likeness (QED) is 0.319. The number of nitrogens with one attached hydrogen (secondary N) is 2. The first-order chi connectivity index (χ1) is 19.8. The number of rotatable bonds is 9. The van der Waals surface area contributed by atoms with E-state index in [0.29, 0.717) is 28.3 Å². The van der Waals surface area contributed by atoms with Crippen molar-refractivity contribution >= 4 is 35.3 Å². The van der Waals surface area contributed by atoms with Crippen LogP contribution in [0.4, 0.5) is 4.79 Å². The van der Waals surface area contributed by atoms with Gasteiger partial charge in [0.2, 0.25) is 11.8 Å². The summed E-state index contributed by atoms with van der Waals surface area (Å²) >= 11 is 6.21. The monoisotopic (exact) mass is 579 g/mol. The molecule has 214 valence electrons. The second-order valence-corrected chi connectivity index (χ2v) is 9.72. The number of pyridine rings is 1. The van der Waals surface area contributed by atoms with E-state index < -0.39 is 29.9 Å². The average Bonchev–Trinajstić information content (AvgIpc) is 3.14. The van der Waals surface area contributed by atoms with E-state index in [4.69, 9.17) is 21.2 Å². The molecule has 41 heavy (non-hydrogen) atoms. The van der Waals surface area contributed by atoms with E-state index in [1.165, 1.54) is 19.2 Å². The molecular formula is C29H30ClN5O6. The Hall–Kier alpha value is -4.64. The molecular weight excluding hydrogens is 550 g/mol. The summed E-state index contributed by atoms with van der Waals surface area (Å²) in [5.41, 5.74) is 4.28. The number of urea groups is 1. The maximum Gasteiger partial charge on any atom is 0.335 e. The predicted molar refractivity (Wildman–Crippen MR) is 152 cm³/mol. The minimum absolute atomic E-state index is 0.0834. The number of carbonyl (C=O) groups is 3. The Labute approximate surface area is 242 Å². The topological polar surface area (TPSA) is 142 Å². The lowest BCUT2D eigenvalue weighted by Gasteiger charge is -2.26. The van der Waals surface area contributed by atoms with Crippen LogP contribution in [0.5, 0.6) is 11.6 Å². The van der Waals surface area contributed by atoms with E-state index in [1.54, 1.807) is 54.7 Å². The molecule has 2 heterocycles. The Morgan fingerprint density at radius 2 is 1.95 bits per heavy atom. The van der Waals surface area contributed by atoms with Crippen molar-refractivity contribution in [3.63, 3.8) is 0 Å². The van der Waals surface area contributed by atoms with E-state index in [1.807, 2.05) is 6.92 Å². The van der Waals surface area contributed by atoms with Crippen molar-refractivity contribution in [2.75, 3.05) is 20.2 Å². The number of carbonyl (C=O) groups excluding carboxylic acids is 2. The number of halogens is 1. The van der Waals surface area contributed by atoms with Gasteiger partial charge >= 0.3 is 12.0 Å². The van der Waals surface area contributed by atoms with E-state index >= 15 is 0 Å². The lowest BCUT2D eigenvalue weighted by molar-refractivity contribution is -0.131. The molecule has 1 aliphatic rings. The Bertz CT molecular complexity index is 1420. The summed E-state index contributed by atoms with van der Waals surface area (Å²) in [5.74, 6) is -1.05. The molecule has 0 spiro atoms. The predicted octanol–water partition coefficient (Wildman–Crippen LogP) is 4.29. The first-order valence-corrected chi connectivity index (χ1v) is 13.3. The van der Waals surface area contributed by atoms with Gasteiger partial charge in [0.15, 0.2) is 5.84 Å². The number of aromatic carboxylic acids is 1. The molecule has 2 unspecified atom stereocenters. The van der Waals surface area contributed by atoms with Crippen molar-refractivity contribution in [2.24, 2.45) is 10.9 Å². The van der Waals surface area contributed by atoms with Crippen LogP contribution < -0.4 is 20.4 Å². The van der Waals surface area contributed by atoms with Gasteiger partial charge in [-0.3, -0.25) is 14.7 Å². The van der Waals surface area contributed by atoms with Crippen LogP contribution in [0.1, 0.15) is 40.9 Å². The molecule has 3 N–H and O–H groups in total. The van der Waals surface area contributed by atoms with E-state index in [2.05, 4.69) is 20.8 Å². The van der Waals surface area contributed by atoms with Gasteiger partial charge in [-0.1, -0.05) is 36.7 Å². The molecule has 0 radical (unpaired) electrons. The highest BCUT2D eigenvalue weighted by atomic mass is 35.5. The molecule has 2 atom stereocenters. The molecule has 12 heteroatoms. The van der Waals surface area contributed by atoms with Crippen LogP contribution in [0, 0.1) is 5.92 Å². The zero-order valence-corrected chi connectivity index (χ0v) is 23.3. The minimum atomic E-state index is -1.04. The zero-order valence-electron chi connectivity index (χ0n) is 22.5. The van der Waals surface area contributed by atoms with Crippen molar-refractivity contribution < 1.29 is 29.1 Å². The largest absolute Gasteiger partial charge is 0.496 e. The molecule has 11 nitrogen and oxygen atoms in total. The van der Waals surface area contributed by atoms with Crippen molar-refractivity contribution in [1.29, 1.82) is 0 Å². The summed E-state index contributed by atoms with van der Waals surface area (Å²) in [7, 11) is 1.53. The van der Waals surface area contributed by atoms with Gasteiger partial charge in [0.05, 0.1) is 37.7 Å². The fraction of sp³-hybridized carbons (Fsp3) is 0.276. The molecule has 0 saturated heterocycles. The molecule has 0 fully saturated rings. The van der Waals surface area contributed by atoms with Gasteiger partial charge in [0.25, 0.3) is 0 Å². The molecule has 0 aliphatic carbocycles. The lowest BCUT2D eigenvalue weighted by atomic mass is 9.97. The highest BCUT2D eigenvalue weighted by Gasteiger charge is 2.34. The number of carboxylic acid groups (broad SMARTS) is 1.